The van der Waals surface area contributed by atoms with Crippen LogP contribution in [0.5, 0.6) is 0 Å². The minimum absolute atomic E-state index is 0.00150. The molecule has 1 aromatic carbocycles. The number of nitriles is 1. The average Bonchev–Trinajstić information content (AvgIpc) is 2.45. The van der Waals surface area contributed by atoms with Crippen LogP contribution in [-0.4, -0.2) is 42.9 Å². The van der Waals surface area contributed by atoms with Gasteiger partial charge in [0.15, 0.2) is 0 Å². The van der Waals surface area contributed by atoms with E-state index < -0.39 is 0 Å². The third-order valence-electron chi connectivity index (χ3n) is 3.05. The summed E-state index contributed by atoms with van der Waals surface area (Å²) in [5.41, 5.74) is 1.13. The van der Waals surface area contributed by atoms with E-state index in [-0.39, 0.29) is 11.8 Å². The van der Waals surface area contributed by atoms with Crippen LogP contribution in [0.2, 0.25) is 0 Å². The van der Waals surface area contributed by atoms with Crippen LogP contribution in [-0.2, 0) is 9.59 Å². The van der Waals surface area contributed by atoms with E-state index in [0.717, 1.165) is 6.54 Å². The summed E-state index contributed by atoms with van der Waals surface area (Å²) in [5.74, 6) is -0.121. The number of benzene rings is 1. The summed E-state index contributed by atoms with van der Waals surface area (Å²) in [6, 6.07) is 8.81. The second-order valence-electron chi connectivity index (χ2n) is 4.62. The number of anilines is 1. The fourth-order valence-electron chi connectivity index (χ4n) is 2.03. The number of amides is 2. The predicted octanol–water partition coefficient (Wildman–Crippen LogP) is 0.319. The van der Waals surface area contributed by atoms with Crippen molar-refractivity contribution in [2.24, 2.45) is 0 Å². The summed E-state index contributed by atoms with van der Waals surface area (Å²) >= 11 is 0. The highest BCUT2D eigenvalue weighted by atomic mass is 16.2. The molecule has 20 heavy (non-hydrogen) atoms. The molecule has 0 atom stereocenters. The first-order valence-electron chi connectivity index (χ1n) is 6.46. The van der Waals surface area contributed by atoms with Crippen LogP contribution in [0, 0.1) is 11.3 Å². The van der Waals surface area contributed by atoms with Gasteiger partial charge in [0.2, 0.25) is 11.8 Å². The third kappa shape index (κ3) is 4.07. The molecule has 0 unspecified atom stereocenters. The van der Waals surface area contributed by atoms with E-state index in [1.54, 1.807) is 24.3 Å². The Morgan fingerprint density at radius 1 is 1.50 bits per heavy atom. The molecule has 1 aliphatic rings. The highest BCUT2D eigenvalue weighted by Crippen LogP contribution is 2.10. The molecule has 6 nitrogen and oxygen atoms in total. The smallest absolute Gasteiger partial charge is 0.234 e. The average molecular weight is 272 g/mol. The first-order chi connectivity index (χ1) is 9.67. The van der Waals surface area contributed by atoms with Crippen molar-refractivity contribution >= 4 is 17.5 Å². The highest BCUT2D eigenvalue weighted by Gasteiger charge is 2.16. The molecule has 1 aliphatic heterocycles. The molecule has 1 heterocycles. The molecule has 1 saturated heterocycles. The lowest BCUT2D eigenvalue weighted by molar-refractivity contribution is -0.125. The molecule has 1 aromatic rings. The Hall–Kier alpha value is -2.39. The summed E-state index contributed by atoms with van der Waals surface area (Å²) in [7, 11) is 0. The van der Waals surface area contributed by atoms with E-state index in [0.29, 0.717) is 37.3 Å². The molecule has 6 heteroatoms. The first kappa shape index (κ1) is 14.0. The van der Waals surface area contributed by atoms with Gasteiger partial charge in [-0.3, -0.25) is 14.5 Å². The lowest BCUT2D eigenvalue weighted by Gasteiger charge is -2.25. The Bertz CT molecular complexity index is 550. The van der Waals surface area contributed by atoms with Crippen LogP contribution < -0.4 is 10.6 Å². The Balaban J connectivity index is 1.80. The molecule has 0 spiro atoms. The van der Waals surface area contributed by atoms with E-state index in [4.69, 9.17) is 5.26 Å². The highest BCUT2D eigenvalue weighted by molar-refractivity contribution is 5.91. The summed E-state index contributed by atoms with van der Waals surface area (Å²) in [4.78, 5) is 25.0. The van der Waals surface area contributed by atoms with Gasteiger partial charge in [0.05, 0.1) is 18.2 Å². The van der Waals surface area contributed by atoms with E-state index in [1.165, 1.54) is 0 Å². The molecule has 2 amide bonds. The van der Waals surface area contributed by atoms with E-state index in [1.807, 2.05) is 11.0 Å². The number of nitrogens with one attached hydrogen (secondary N) is 2. The molecule has 104 valence electrons. The molecule has 0 radical (unpaired) electrons. The number of carbonyl (C=O) groups excluding carboxylic acids is 2. The fraction of sp³-hybridized carbons (Fsp3) is 0.357. The molecule has 0 saturated carbocycles. The van der Waals surface area contributed by atoms with Crippen molar-refractivity contribution < 1.29 is 9.59 Å². The maximum Gasteiger partial charge on any atom is 0.234 e. The summed E-state index contributed by atoms with van der Waals surface area (Å²) in [5, 5.41) is 14.3. The number of carbonyl (C=O) groups is 2. The topological polar surface area (TPSA) is 85.2 Å². The predicted molar refractivity (Wildman–Crippen MR) is 73.9 cm³/mol. The van der Waals surface area contributed by atoms with Crippen molar-refractivity contribution in [2.45, 2.75) is 6.42 Å². The number of rotatable bonds is 4. The first-order valence-corrected chi connectivity index (χ1v) is 6.46. The van der Waals surface area contributed by atoms with Crippen molar-refractivity contribution in [2.75, 3.05) is 31.5 Å². The van der Waals surface area contributed by atoms with Crippen LogP contribution in [0.3, 0.4) is 0 Å². The van der Waals surface area contributed by atoms with Gasteiger partial charge in [0.25, 0.3) is 0 Å². The largest absolute Gasteiger partial charge is 0.354 e. The molecule has 2 N–H and O–H groups in total. The number of hydrogen-bond acceptors (Lipinski definition) is 4. The van der Waals surface area contributed by atoms with Crippen molar-refractivity contribution in [3.8, 4) is 6.07 Å². The van der Waals surface area contributed by atoms with Crippen LogP contribution in [0.15, 0.2) is 24.3 Å². The Morgan fingerprint density at radius 3 is 3.10 bits per heavy atom. The Labute approximate surface area is 117 Å². The molecule has 0 bridgehead atoms. The SMILES string of the molecule is N#Cc1cccc(NC(=O)CCN2CCNC(=O)C2)c1. The molecular weight excluding hydrogens is 256 g/mol. The lowest BCUT2D eigenvalue weighted by Crippen LogP contribution is -2.48. The van der Waals surface area contributed by atoms with Gasteiger partial charge in [-0.05, 0) is 18.2 Å². The summed E-state index contributed by atoms with van der Waals surface area (Å²) < 4.78 is 0. The van der Waals surface area contributed by atoms with Crippen molar-refractivity contribution in [3.63, 3.8) is 0 Å². The van der Waals surface area contributed by atoms with Crippen LogP contribution in [0.25, 0.3) is 0 Å². The van der Waals surface area contributed by atoms with Gasteiger partial charge in [-0.25, -0.2) is 0 Å². The monoisotopic (exact) mass is 272 g/mol. The maximum absolute atomic E-state index is 11.8. The zero-order valence-corrected chi connectivity index (χ0v) is 11.1. The summed E-state index contributed by atoms with van der Waals surface area (Å²) in [6.07, 6.45) is 0.323. The van der Waals surface area contributed by atoms with Crippen molar-refractivity contribution in [3.05, 3.63) is 29.8 Å². The number of piperazine rings is 1. The van der Waals surface area contributed by atoms with E-state index in [2.05, 4.69) is 10.6 Å². The van der Waals surface area contributed by atoms with Gasteiger partial charge in [-0.2, -0.15) is 5.26 Å². The third-order valence-corrected chi connectivity index (χ3v) is 3.05. The zero-order chi connectivity index (χ0) is 14.4. The number of hydrogen-bond donors (Lipinski definition) is 2. The van der Waals surface area contributed by atoms with Crippen molar-refractivity contribution in [1.29, 1.82) is 5.26 Å². The van der Waals surface area contributed by atoms with Gasteiger partial charge in [-0.15, -0.1) is 0 Å². The van der Waals surface area contributed by atoms with Gasteiger partial charge in [0, 0.05) is 31.7 Å². The normalized spacial score (nSPS) is 15.2. The zero-order valence-electron chi connectivity index (χ0n) is 11.1. The molecule has 1 fully saturated rings. The van der Waals surface area contributed by atoms with Gasteiger partial charge >= 0.3 is 0 Å². The molecule has 0 aliphatic carbocycles. The van der Waals surface area contributed by atoms with Gasteiger partial charge in [-0.1, -0.05) is 6.07 Å². The fourth-order valence-corrected chi connectivity index (χ4v) is 2.03. The molecule has 2 rings (SSSR count). The van der Waals surface area contributed by atoms with Crippen molar-refractivity contribution in [1.82, 2.24) is 10.2 Å². The second-order valence-corrected chi connectivity index (χ2v) is 4.62. The Morgan fingerprint density at radius 2 is 2.35 bits per heavy atom. The number of nitrogens with zero attached hydrogens (tertiary/aromatic N) is 2. The lowest BCUT2D eigenvalue weighted by atomic mass is 10.2. The summed E-state index contributed by atoms with van der Waals surface area (Å²) in [6.45, 7) is 2.29. The second kappa shape index (κ2) is 6.68. The van der Waals surface area contributed by atoms with Crippen LogP contribution >= 0.6 is 0 Å². The van der Waals surface area contributed by atoms with Gasteiger partial charge < -0.3 is 10.6 Å². The molecule has 0 aromatic heterocycles. The maximum atomic E-state index is 11.8. The van der Waals surface area contributed by atoms with Crippen LogP contribution in [0.4, 0.5) is 5.69 Å². The van der Waals surface area contributed by atoms with E-state index in [9.17, 15) is 9.59 Å². The quantitative estimate of drug-likeness (QED) is 0.826. The molecular formula is C14H16N4O2. The minimum Gasteiger partial charge on any atom is -0.354 e. The standard InChI is InChI=1S/C14H16N4O2/c15-9-11-2-1-3-12(8-11)17-13(19)4-6-18-7-5-16-14(20)10-18/h1-3,8H,4-7,10H2,(H,16,20)(H,17,19). The van der Waals surface area contributed by atoms with Gasteiger partial charge in [0.1, 0.15) is 0 Å². The Kier molecular flexibility index (Phi) is 4.69. The minimum atomic E-state index is -0.119. The van der Waals surface area contributed by atoms with E-state index >= 15 is 0 Å². The van der Waals surface area contributed by atoms with Crippen LogP contribution in [0.1, 0.15) is 12.0 Å².